The van der Waals surface area contributed by atoms with E-state index in [9.17, 15) is 4.79 Å². The summed E-state index contributed by atoms with van der Waals surface area (Å²) in [5.74, 6) is 0.472. The van der Waals surface area contributed by atoms with E-state index in [0.29, 0.717) is 11.4 Å². The average Bonchev–Trinajstić information content (AvgIpc) is 3.23. The number of aryl methyl sites for hydroxylation is 1. The van der Waals surface area contributed by atoms with Crippen LogP contribution in [-0.4, -0.2) is 25.5 Å². The number of halogens is 1. The Balaban J connectivity index is 1.56. The number of amides is 1. The van der Waals surface area contributed by atoms with Crippen LogP contribution in [0.5, 0.6) is 5.75 Å². The van der Waals surface area contributed by atoms with Crippen LogP contribution in [0.3, 0.4) is 0 Å². The minimum absolute atomic E-state index is 0.252. The van der Waals surface area contributed by atoms with E-state index in [1.165, 1.54) is 0 Å². The molecule has 3 rings (SSSR count). The number of rotatable bonds is 6. The first-order chi connectivity index (χ1) is 11.6. The highest BCUT2D eigenvalue weighted by atomic mass is 79.9. The molecule has 0 aliphatic carbocycles. The monoisotopic (exact) mass is 389 g/mol. The van der Waals surface area contributed by atoms with Gasteiger partial charge in [0.25, 0.3) is 5.91 Å². The van der Waals surface area contributed by atoms with Gasteiger partial charge in [-0.05, 0) is 37.3 Å². The van der Waals surface area contributed by atoms with Gasteiger partial charge in [0.1, 0.15) is 5.75 Å². The van der Waals surface area contributed by atoms with E-state index in [-0.39, 0.29) is 12.6 Å². The standard InChI is InChI=1S/C16H16BrN5O2/c1-2-21-8-7-15(20-21)16(23)19-13-9-18-22(10-13)11-24-14-5-3-12(17)4-6-14/h3-10H,2,11H2,1H3,(H,19,23). The summed E-state index contributed by atoms with van der Waals surface area (Å²) >= 11 is 3.37. The first kappa shape index (κ1) is 16.3. The zero-order chi connectivity index (χ0) is 16.9. The molecule has 0 radical (unpaired) electrons. The number of anilines is 1. The second kappa shape index (κ2) is 7.31. The van der Waals surface area contributed by atoms with Crippen molar-refractivity contribution < 1.29 is 9.53 Å². The normalized spacial score (nSPS) is 10.6. The Morgan fingerprint density at radius 2 is 2.04 bits per heavy atom. The van der Waals surface area contributed by atoms with E-state index < -0.39 is 0 Å². The van der Waals surface area contributed by atoms with E-state index in [2.05, 4.69) is 31.4 Å². The smallest absolute Gasteiger partial charge is 0.276 e. The molecule has 0 bridgehead atoms. The van der Waals surface area contributed by atoms with Gasteiger partial charge in [0.2, 0.25) is 0 Å². The molecule has 1 amide bonds. The van der Waals surface area contributed by atoms with E-state index >= 15 is 0 Å². The summed E-state index contributed by atoms with van der Waals surface area (Å²) in [6.45, 7) is 2.94. The second-order valence-electron chi connectivity index (χ2n) is 5.01. The van der Waals surface area contributed by atoms with Crippen molar-refractivity contribution >= 4 is 27.5 Å². The number of nitrogens with zero attached hydrogens (tertiary/aromatic N) is 4. The Hall–Kier alpha value is -2.61. The lowest BCUT2D eigenvalue weighted by Gasteiger charge is -2.05. The van der Waals surface area contributed by atoms with Crippen molar-refractivity contribution in [1.29, 1.82) is 0 Å². The lowest BCUT2D eigenvalue weighted by Crippen LogP contribution is -2.13. The van der Waals surface area contributed by atoms with Gasteiger partial charge in [-0.3, -0.25) is 9.48 Å². The Morgan fingerprint density at radius 1 is 1.25 bits per heavy atom. The summed E-state index contributed by atoms with van der Waals surface area (Å²) < 4.78 is 9.91. The fourth-order valence-electron chi connectivity index (χ4n) is 2.02. The molecule has 0 aliphatic rings. The molecule has 8 heteroatoms. The molecule has 0 atom stereocenters. The van der Waals surface area contributed by atoms with Gasteiger partial charge in [0, 0.05) is 17.2 Å². The number of hydrogen-bond donors (Lipinski definition) is 1. The predicted octanol–water partition coefficient (Wildman–Crippen LogP) is 3.15. The van der Waals surface area contributed by atoms with Gasteiger partial charge in [0.05, 0.1) is 18.1 Å². The summed E-state index contributed by atoms with van der Waals surface area (Å²) in [6.07, 6.45) is 5.04. The van der Waals surface area contributed by atoms with Crippen LogP contribution in [0.4, 0.5) is 5.69 Å². The molecule has 0 aliphatic heterocycles. The SMILES string of the molecule is CCn1ccc(C(=O)Nc2cnn(COc3ccc(Br)cc3)c2)n1. The quantitative estimate of drug-likeness (QED) is 0.702. The van der Waals surface area contributed by atoms with Crippen LogP contribution in [0.25, 0.3) is 0 Å². The Bertz CT molecular complexity index is 825. The lowest BCUT2D eigenvalue weighted by atomic mass is 10.3. The highest BCUT2D eigenvalue weighted by Gasteiger charge is 2.10. The minimum Gasteiger partial charge on any atom is -0.471 e. The van der Waals surface area contributed by atoms with Crippen molar-refractivity contribution in [2.75, 3.05) is 5.32 Å². The number of carbonyl (C=O) groups excluding carboxylic acids is 1. The maximum atomic E-state index is 12.1. The molecule has 1 N–H and O–H groups in total. The summed E-state index contributed by atoms with van der Waals surface area (Å²) in [4.78, 5) is 12.1. The van der Waals surface area contributed by atoms with Gasteiger partial charge in [0.15, 0.2) is 12.4 Å². The van der Waals surface area contributed by atoms with E-state index in [0.717, 1.165) is 16.8 Å². The van der Waals surface area contributed by atoms with Crippen LogP contribution in [0.1, 0.15) is 17.4 Å². The molecule has 3 aromatic rings. The van der Waals surface area contributed by atoms with Crippen molar-refractivity contribution in [3.63, 3.8) is 0 Å². The van der Waals surface area contributed by atoms with E-state index in [4.69, 9.17) is 4.74 Å². The van der Waals surface area contributed by atoms with Crippen LogP contribution >= 0.6 is 15.9 Å². The highest BCUT2D eigenvalue weighted by Crippen LogP contribution is 2.16. The number of hydrogen-bond acceptors (Lipinski definition) is 4. The van der Waals surface area contributed by atoms with Crippen LogP contribution in [0.2, 0.25) is 0 Å². The minimum atomic E-state index is -0.268. The van der Waals surface area contributed by atoms with Crippen LogP contribution in [-0.2, 0) is 13.3 Å². The molecule has 124 valence electrons. The van der Waals surface area contributed by atoms with Gasteiger partial charge in [-0.15, -0.1) is 0 Å². The highest BCUT2D eigenvalue weighted by molar-refractivity contribution is 9.10. The summed E-state index contributed by atoms with van der Waals surface area (Å²) in [5, 5.41) is 11.1. The molecule has 0 saturated carbocycles. The number of carbonyl (C=O) groups is 1. The second-order valence-corrected chi connectivity index (χ2v) is 5.92. The molecule has 0 fully saturated rings. The lowest BCUT2D eigenvalue weighted by molar-refractivity contribution is 0.102. The zero-order valence-corrected chi connectivity index (χ0v) is 14.6. The van der Waals surface area contributed by atoms with Crippen LogP contribution < -0.4 is 10.1 Å². The first-order valence-corrected chi connectivity index (χ1v) is 8.19. The largest absolute Gasteiger partial charge is 0.471 e. The average molecular weight is 390 g/mol. The third-order valence-electron chi connectivity index (χ3n) is 3.27. The van der Waals surface area contributed by atoms with Gasteiger partial charge in [-0.25, -0.2) is 4.68 Å². The Morgan fingerprint density at radius 3 is 2.75 bits per heavy atom. The third kappa shape index (κ3) is 4.02. The summed E-state index contributed by atoms with van der Waals surface area (Å²) in [7, 11) is 0. The zero-order valence-electron chi connectivity index (χ0n) is 13.0. The van der Waals surface area contributed by atoms with Crippen molar-refractivity contribution in [2.24, 2.45) is 0 Å². The molecule has 24 heavy (non-hydrogen) atoms. The number of benzene rings is 1. The first-order valence-electron chi connectivity index (χ1n) is 7.39. The Labute approximate surface area is 147 Å². The maximum Gasteiger partial charge on any atom is 0.276 e. The number of ether oxygens (including phenoxy) is 1. The van der Waals surface area contributed by atoms with Crippen LogP contribution in [0.15, 0.2) is 53.4 Å². The van der Waals surface area contributed by atoms with Gasteiger partial charge in [-0.2, -0.15) is 10.2 Å². The van der Waals surface area contributed by atoms with Gasteiger partial charge in [-0.1, -0.05) is 15.9 Å². The number of aromatic nitrogens is 4. The summed E-state index contributed by atoms with van der Waals surface area (Å²) in [6, 6.07) is 9.21. The molecular formula is C16H16BrN5O2. The predicted molar refractivity (Wildman–Crippen MR) is 92.9 cm³/mol. The maximum absolute atomic E-state index is 12.1. The van der Waals surface area contributed by atoms with Crippen molar-refractivity contribution in [3.05, 3.63) is 59.1 Å². The molecule has 1 aromatic carbocycles. The van der Waals surface area contributed by atoms with Crippen molar-refractivity contribution in [1.82, 2.24) is 19.6 Å². The van der Waals surface area contributed by atoms with E-state index in [1.807, 2.05) is 31.2 Å². The number of nitrogens with one attached hydrogen (secondary N) is 1. The molecule has 0 saturated heterocycles. The van der Waals surface area contributed by atoms with Gasteiger partial charge >= 0.3 is 0 Å². The molecule has 0 unspecified atom stereocenters. The molecule has 7 nitrogen and oxygen atoms in total. The molecule has 2 heterocycles. The van der Waals surface area contributed by atoms with Gasteiger partial charge < -0.3 is 10.1 Å². The van der Waals surface area contributed by atoms with Crippen molar-refractivity contribution in [3.8, 4) is 5.75 Å². The fourth-order valence-corrected chi connectivity index (χ4v) is 2.29. The fraction of sp³-hybridized carbons (Fsp3) is 0.188. The third-order valence-corrected chi connectivity index (χ3v) is 3.79. The molecule has 2 aromatic heterocycles. The van der Waals surface area contributed by atoms with Crippen LogP contribution in [0, 0.1) is 0 Å². The van der Waals surface area contributed by atoms with E-state index in [1.54, 1.807) is 34.0 Å². The Kier molecular flexibility index (Phi) is 4.95. The topological polar surface area (TPSA) is 74.0 Å². The molecule has 0 spiro atoms. The van der Waals surface area contributed by atoms with Crippen molar-refractivity contribution in [2.45, 2.75) is 20.2 Å². The molecular weight excluding hydrogens is 374 g/mol. The summed E-state index contributed by atoms with van der Waals surface area (Å²) in [5.41, 5.74) is 0.959.